The summed E-state index contributed by atoms with van der Waals surface area (Å²) in [5.74, 6) is 0.895. The van der Waals surface area contributed by atoms with E-state index in [2.05, 4.69) is 101 Å². The average Bonchev–Trinajstić information content (AvgIpc) is 1.57. The van der Waals surface area contributed by atoms with E-state index in [1.807, 2.05) is 81.4 Å². The summed E-state index contributed by atoms with van der Waals surface area (Å²) in [6.45, 7) is 24.5. The molecule has 16 heterocycles. The van der Waals surface area contributed by atoms with Crippen molar-refractivity contribution in [3.8, 4) is 45.6 Å². The number of nitrogens with zero attached hydrogens (tertiary/aromatic N) is 16. The van der Waals surface area contributed by atoms with Gasteiger partial charge in [0, 0.05) is 104 Å². The number of piperidine rings is 2. The first kappa shape index (κ1) is 79.7. The van der Waals surface area contributed by atoms with Crippen LogP contribution >= 0.6 is 0 Å². The maximum Gasteiger partial charge on any atom is 0.181 e. The van der Waals surface area contributed by atoms with E-state index in [1.54, 1.807) is 95.3 Å². The first-order chi connectivity index (χ1) is 53.5. The van der Waals surface area contributed by atoms with Crippen LogP contribution in [0.15, 0.2) is 122 Å². The predicted octanol–water partition coefficient (Wildman–Crippen LogP) is 12.6. The fourth-order valence-corrected chi connectivity index (χ4v) is 15.0. The number of hydrogen-bond acceptors (Lipinski definition) is 22. The van der Waals surface area contributed by atoms with Crippen molar-refractivity contribution in [1.82, 2.24) is 91.3 Å². The molecule has 12 aromatic rings. The van der Waals surface area contributed by atoms with E-state index in [4.69, 9.17) is 0 Å². The molecule has 0 saturated carbocycles. The molecular formula is C80H104F6N22O4. The molecule has 112 heavy (non-hydrogen) atoms. The number of hydrogen-bond donors (Lipinski definition) is 10. The Morgan fingerprint density at radius 2 is 0.705 bits per heavy atom. The van der Waals surface area contributed by atoms with Crippen LogP contribution in [0.5, 0.6) is 0 Å². The van der Waals surface area contributed by atoms with Gasteiger partial charge in [-0.3, -0.25) is 20.4 Å². The number of fused-ring (bicyclic) bond motifs is 4. The second-order valence-corrected chi connectivity index (χ2v) is 31.3. The number of aliphatic hydroxyl groups excluding tert-OH is 2. The fraction of sp³-hybridized carbons (Fsp3) is 0.450. The van der Waals surface area contributed by atoms with Gasteiger partial charge in [-0.2, -0.15) is 20.4 Å². The maximum atomic E-state index is 15.4. The van der Waals surface area contributed by atoms with Crippen LogP contribution in [0, 0.1) is 46.9 Å². The summed E-state index contributed by atoms with van der Waals surface area (Å²) in [4.78, 5) is 42.5. The first-order valence-corrected chi connectivity index (χ1v) is 38.0. The van der Waals surface area contributed by atoms with Gasteiger partial charge < -0.3 is 50.7 Å². The summed E-state index contributed by atoms with van der Waals surface area (Å²) in [5, 5.41) is 79.5. The molecule has 0 radical (unpaired) electrons. The standard InChI is InChI=1S/2C20H23F2N5O.2C20H25FN6O.4H2/c2*1-12(2)10-20(22)11-27(9-7-15(20)28)16-6-5-14(21)18(24-16)17-13-4-3-8-23-19(13)26-25-17;2*1-12(2)20(3,28)15-11-27(10-9-22-15)16-7-6-14(21)18(24-16)17-13-5-4-8-23-19(13)26-25-17;;;;/h2*3-6,8,12,15,28H,7,9-11H2,1-2H3,(H,23,25,26);2*4-8,12,15,22,28H,9-11H2,1-3H3,(H,23,25,26);4*1H/t2*15-,20-;;;;;;/m10....../s1. The highest BCUT2D eigenvalue weighted by Crippen LogP contribution is 2.40. The zero-order valence-corrected chi connectivity index (χ0v) is 64.3. The lowest BCUT2D eigenvalue weighted by atomic mass is 9.84. The number of alkyl halides is 2. The minimum Gasteiger partial charge on any atom is -0.390 e. The van der Waals surface area contributed by atoms with Crippen LogP contribution in [-0.2, 0) is 0 Å². The SMILES string of the molecule is CC(C)C(C)(O)C1CN(c2ccc(F)c(-c3[nH]nc4ncccc34)n2)CCN1.CC(C)C(C)(O)C1CN(c2ccc(F)c(-c3[nH]nc4ncccc34)n2)CCN1.CC(C)C[C@@]1(F)CN(c2ccc(F)c(-c3[nH]nc4ncccc34)n2)CC[C@H]1O.CC(C)C[C@]1(F)CN(c2ccc(F)c(-c3[nH]nc4ncccc34)n2)CC[C@@H]1O.[HH].[HH].[HH].[HH]. The minimum atomic E-state index is -1.72. The lowest BCUT2D eigenvalue weighted by molar-refractivity contribution is -0.0340. The Labute approximate surface area is 649 Å². The fourth-order valence-electron chi connectivity index (χ4n) is 15.0. The number of piperazine rings is 2. The van der Waals surface area contributed by atoms with E-state index >= 15 is 8.78 Å². The molecule has 4 saturated heterocycles. The Hall–Kier alpha value is -10.4. The Balaban J connectivity index is 0.000000175. The van der Waals surface area contributed by atoms with Crippen molar-refractivity contribution in [3.63, 3.8) is 0 Å². The molecule has 4 aliphatic heterocycles. The van der Waals surface area contributed by atoms with Crippen LogP contribution in [0.4, 0.5) is 49.6 Å². The molecule has 4 unspecified atom stereocenters. The second-order valence-electron chi connectivity index (χ2n) is 31.3. The van der Waals surface area contributed by atoms with Crippen LogP contribution in [0.2, 0.25) is 0 Å². The van der Waals surface area contributed by atoms with Crippen molar-refractivity contribution in [3.05, 3.63) is 145 Å². The Morgan fingerprint density at radius 3 is 0.973 bits per heavy atom. The number of anilines is 4. The molecule has 0 aliphatic carbocycles. The van der Waals surface area contributed by atoms with E-state index in [0.29, 0.717) is 118 Å². The smallest absolute Gasteiger partial charge is 0.181 e. The summed E-state index contributed by atoms with van der Waals surface area (Å²) >= 11 is 0. The van der Waals surface area contributed by atoms with Gasteiger partial charge in [-0.25, -0.2) is 66.2 Å². The van der Waals surface area contributed by atoms with Crippen molar-refractivity contribution in [2.75, 3.05) is 85.0 Å². The zero-order valence-electron chi connectivity index (χ0n) is 64.3. The molecule has 0 bridgehead atoms. The molecule has 10 N–H and O–H groups in total. The van der Waals surface area contributed by atoms with Gasteiger partial charge in [-0.05, 0) is 160 Å². The summed E-state index contributed by atoms with van der Waals surface area (Å²) in [6, 6.07) is 26.1. The molecule has 4 fully saturated rings. The molecule has 0 spiro atoms. The van der Waals surface area contributed by atoms with Gasteiger partial charge in [0.1, 0.15) is 46.0 Å². The van der Waals surface area contributed by atoms with E-state index in [1.165, 1.54) is 24.3 Å². The topological polar surface area (TPSA) is 336 Å². The van der Waals surface area contributed by atoms with E-state index in [9.17, 15) is 38.0 Å². The molecule has 0 amide bonds. The lowest BCUT2D eigenvalue weighted by Crippen LogP contribution is -2.62. The highest BCUT2D eigenvalue weighted by molar-refractivity contribution is 5.92. The Kier molecular flexibility index (Phi) is 23.6. The first-order valence-electron chi connectivity index (χ1n) is 38.0. The summed E-state index contributed by atoms with van der Waals surface area (Å²) in [6.07, 6.45) is 5.63. The van der Waals surface area contributed by atoms with Gasteiger partial charge in [0.15, 0.2) is 57.2 Å². The molecular weight excluding hydrogens is 1450 g/mol. The van der Waals surface area contributed by atoms with Gasteiger partial charge in [0.25, 0.3) is 0 Å². The van der Waals surface area contributed by atoms with Crippen LogP contribution in [0.1, 0.15) is 101 Å². The maximum absolute atomic E-state index is 15.4. The zero-order chi connectivity index (χ0) is 79.6. The van der Waals surface area contributed by atoms with Crippen molar-refractivity contribution in [2.24, 2.45) is 23.7 Å². The van der Waals surface area contributed by atoms with Crippen LogP contribution < -0.4 is 30.2 Å². The van der Waals surface area contributed by atoms with Gasteiger partial charge in [0.2, 0.25) is 0 Å². The molecule has 32 heteroatoms. The van der Waals surface area contributed by atoms with E-state index in [-0.39, 0.29) is 90.2 Å². The number of aliphatic hydroxyl groups is 4. The minimum absolute atomic E-state index is 0. The van der Waals surface area contributed by atoms with Crippen LogP contribution in [0.25, 0.3) is 89.7 Å². The van der Waals surface area contributed by atoms with E-state index in [0.717, 1.165) is 37.0 Å². The largest absolute Gasteiger partial charge is 0.390 e. The summed E-state index contributed by atoms with van der Waals surface area (Å²) in [7, 11) is 0. The number of aromatic nitrogens is 16. The molecule has 16 rings (SSSR count). The lowest BCUT2D eigenvalue weighted by Gasteiger charge is -2.43. The predicted molar refractivity (Wildman–Crippen MR) is 428 cm³/mol. The number of H-pyrrole nitrogens is 4. The quantitative estimate of drug-likeness (QED) is 0.0402. The van der Waals surface area contributed by atoms with Crippen molar-refractivity contribution < 1.29 is 52.5 Å². The third kappa shape index (κ3) is 16.9. The van der Waals surface area contributed by atoms with Gasteiger partial charge >= 0.3 is 0 Å². The summed E-state index contributed by atoms with van der Waals surface area (Å²) < 4.78 is 89.1. The molecule has 0 aromatic carbocycles. The van der Waals surface area contributed by atoms with E-state index < -0.39 is 58.0 Å². The monoisotopic (exact) mass is 1550 g/mol. The van der Waals surface area contributed by atoms with Gasteiger partial charge in [-0.1, -0.05) is 55.4 Å². The second kappa shape index (κ2) is 33.1. The van der Waals surface area contributed by atoms with Crippen molar-refractivity contribution in [2.45, 2.75) is 142 Å². The van der Waals surface area contributed by atoms with Crippen molar-refractivity contribution >= 4 is 67.4 Å². The summed E-state index contributed by atoms with van der Waals surface area (Å²) in [5.41, 5.74) is -0.543. The number of halogens is 6. The number of rotatable bonds is 16. The Morgan fingerprint density at radius 1 is 0.429 bits per heavy atom. The average molecular weight is 1550 g/mol. The highest BCUT2D eigenvalue weighted by atomic mass is 19.2. The Bertz CT molecular complexity index is 4940. The third-order valence-corrected chi connectivity index (χ3v) is 21.9. The highest BCUT2D eigenvalue weighted by Gasteiger charge is 2.46. The van der Waals surface area contributed by atoms with Gasteiger partial charge in [-0.15, -0.1) is 0 Å². The number of pyridine rings is 8. The van der Waals surface area contributed by atoms with Crippen LogP contribution in [-0.4, -0.2) is 213 Å². The molecule has 4 aliphatic rings. The molecule has 600 valence electrons. The molecule has 8 atom stereocenters. The molecule has 26 nitrogen and oxygen atoms in total. The number of nitrogens with one attached hydrogen (secondary N) is 6. The normalized spacial score (nSPS) is 21.4. The number of aromatic amines is 4. The van der Waals surface area contributed by atoms with Crippen molar-refractivity contribution in [1.29, 1.82) is 0 Å². The van der Waals surface area contributed by atoms with Gasteiger partial charge in [0.05, 0.1) is 71.4 Å². The third-order valence-electron chi connectivity index (χ3n) is 21.9. The molecule has 12 aromatic heterocycles. The van der Waals surface area contributed by atoms with Crippen LogP contribution in [0.3, 0.4) is 0 Å².